The molecule has 0 aliphatic carbocycles. The molecule has 0 radical (unpaired) electrons. The van der Waals surface area contributed by atoms with Gasteiger partial charge < -0.3 is 10.6 Å². The molecular weight excluding hydrogens is 303 g/mol. The maximum Gasteiger partial charge on any atom is 0.191 e. The van der Waals surface area contributed by atoms with Gasteiger partial charge in [0, 0.05) is 25.7 Å². The van der Waals surface area contributed by atoms with Crippen LogP contribution in [-0.2, 0) is 13.0 Å². The molecule has 2 rings (SSSR count). The van der Waals surface area contributed by atoms with E-state index in [9.17, 15) is 4.39 Å². The number of benzene rings is 2. The number of hydrogen-bond donors (Lipinski definition) is 2. The van der Waals surface area contributed by atoms with Gasteiger partial charge in [-0.15, -0.1) is 0 Å². The van der Waals surface area contributed by atoms with Gasteiger partial charge in [-0.1, -0.05) is 30.3 Å². The number of aliphatic imine (C=N–C) groups is 1. The van der Waals surface area contributed by atoms with E-state index in [0.717, 1.165) is 19.4 Å². The molecule has 0 atom stereocenters. The summed E-state index contributed by atoms with van der Waals surface area (Å²) in [6.07, 6.45) is 1.96. The van der Waals surface area contributed by atoms with Crippen LogP contribution < -0.4 is 10.6 Å². The second kappa shape index (κ2) is 9.31. The quantitative estimate of drug-likeness (QED) is 0.488. The number of aryl methyl sites for hydroxylation is 1. The number of hydrogen-bond acceptors (Lipinski definition) is 2. The summed E-state index contributed by atoms with van der Waals surface area (Å²) in [4.78, 5) is 4.13. The van der Waals surface area contributed by atoms with Gasteiger partial charge in [-0.2, -0.15) is 5.26 Å². The topological polar surface area (TPSA) is 60.2 Å². The molecule has 0 saturated heterocycles. The first kappa shape index (κ1) is 17.5. The SMILES string of the molecule is CN=C(NCCCc1ccccc1)NCc1cc(C#N)ccc1F. The van der Waals surface area contributed by atoms with Gasteiger partial charge in [0.15, 0.2) is 5.96 Å². The van der Waals surface area contributed by atoms with Crippen molar-refractivity contribution in [2.24, 2.45) is 4.99 Å². The molecular formula is C19H21FN4. The smallest absolute Gasteiger partial charge is 0.191 e. The Balaban J connectivity index is 1.78. The molecule has 0 aliphatic heterocycles. The monoisotopic (exact) mass is 324 g/mol. The van der Waals surface area contributed by atoms with Crippen LogP contribution in [0.15, 0.2) is 53.5 Å². The Labute approximate surface area is 142 Å². The average molecular weight is 324 g/mol. The van der Waals surface area contributed by atoms with Crippen LogP contribution in [0.5, 0.6) is 0 Å². The highest BCUT2D eigenvalue weighted by Gasteiger charge is 2.05. The first-order valence-electron chi connectivity index (χ1n) is 7.90. The van der Waals surface area contributed by atoms with Gasteiger partial charge in [-0.25, -0.2) is 4.39 Å². The maximum atomic E-state index is 13.7. The lowest BCUT2D eigenvalue weighted by Crippen LogP contribution is -2.37. The van der Waals surface area contributed by atoms with E-state index in [1.165, 1.54) is 17.7 Å². The van der Waals surface area contributed by atoms with Crippen molar-refractivity contribution in [2.45, 2.75) is 19.4 Å². The van der Waals surface area contributed by atoms with Crippen LogP contribution in [0.3, 0.4) is 0 Å². The third-order valence-electron chi connectivity index (χ3n) is 3.62. The van der Waals surface area contributed by atoms with Crippen molar-refractivity contribution in [3.63, 3.8) is 0 Å². The van der Waals surface area contributed by atoms with Gasteiger partial charge in [-0.3, -0.25) is 4.99 Å². The van der Waals surface area contributed by atoms with Crippen LogP contribution >= 0.6 is 0 Å². The van der Waals surface area contributed by atoms with E-state index in [1.54, 1.807) is 13.1 Å². The number of rotatable bonds is 6. The van der Waals surface area contributed by atoms with Crippen molar-refractivity contribution in [3.8, 4) is 6.07 Å². The lowest BCUT2D eigenvalue weighted by molar-refractivity contribution is 0.604. The number of nitrogens with zero attached hydrogens (tertiary/aromatic N) is 2. The van der Waals surface area contributed by atoms with Crippen molar-refractivity contribution >= 4 is 5.96 Å². The van der Waals surface area contributed by atoms with Crippen LogP contribution in [0.1, 0.15) is 23.1 Å². The molecule has 0 aliphatic rings. The average Bonchev–Trinajstić information content (AvgIpc) is 2.63. The Morgan fingerprint density at radius 3 is 2.67 bits per heavy atom. The highest BCUT2D eigenvalue weighted by molar-refractivity contribution is 5.79. The first-order valence-corrected chi connectivity index (χ1v) is 7.90. The van der Waals surface area contributed by atoms with E-state index in [2.05, 4.69) is 27.8 Å². The van der Waals surface area contributed by atoms with Crippen molar-refractivity contribution in [3.05, 3.63) is 71.0 Å². The maximum absolute atomic E-state index is 13.7. The Bertz CT molecular complexity index is 720. The summed E-state index contributed by atoms with van der Waals surface area (Å²) in [5, 5.41) is 15.2. The third kappa shape index (κ3) is 5.40. The summed E-state index contributed by atoms with van der Waals surface area (Å²) >= 11 is 0. The number of guanidine groups is 1. The molecule has 0 spiro atoms. The summed E-state index contributed by atoms with van der Waals surface area (Å²) < 4.78 is 13.7. The highest BCUT2D eigenvalue weighted by atomic mass is 19.1. The molecule has 0 unspecified atom stereocenters. The molecule has 2 aromatic rings. The van der Waals surface area contributed by atoms with Crippen molar-refractivity contribution < 1.29 is 4.39 Å². The summed E-state index contributed by atoms with van der Waals surface area (Å²) in [5.41, 5.74) is 2.19. The van der Waals surface area contributed by atoms with E-state index < -0.39 is 0 Å². The van der Waals surface area contributed by atoms with Gasteiger partial charge in [-0.05, 0) is 36.6 Å². The molecule has 0 amide bonds. The van der Waals surface area contributed by atoms with E-state index in [1.807, 2.05) is 24.3 Å². The Kier molecular flexibility index (Phi) is 6.78. The molecule has 24 heavy (non-hydrogen) atoms. The summed E-state index contributed by atoms with van der Waals surface area (Å²) in [6.45, 7) is 1.05. The first-order chi connectivity index (χ1) is 11.7. The fourth-order valence-electron chi connectivity index (χ4n) is 2.32. The minimum Gasteiger partial charge on any atom is -0.356 e. The second-order valence-electron chi connectivity index (χ2n) is 5.36. The molecule has 2 aromatic carbocycles. The van der Waals surface area contributed by atoms with Gasteiger partial charge in [0.05, 0.1) is 11.6 Å². The van der Waals surface area contributed by atoms with E-state index >= 15 is 0 Å². The summed E-state index contributed by atoms with van der Waals surface area (Å²) in [5.74, 6) is 0.283. The number of nitrogens with one attached hydrogen (secondary N) is 2. The standard InChI is InChI=1S/C19H21FN4/c1-22-19(23-11-5-8-15-6-3-2-4-7-15)24-14-17-12-16(13-21)9-10-18(17)20/h2-4,6-7,9-10,12H,5,8,11,14H2,1H3,(H2,22,23,24). The molecule has 0 heterocycles. The van der Waals surface area contributed by atoms with Crippen LogP contribution in [0, 0.1) is 17.1 Å². The van der Waals surface area contributed by atoms with Crippen molar-refractivity contribution in [1.29, 1.82) is 5.26 Å². The Morgan fingerprint density at radius 1 is 1.17 bits per heavy atom. The molecule has 5 heteroatoms. The fraction of sp³-hybridized carbons (Fsp3) is 0.263. The number of nitriles is 1. The number of halogens is 1. The van der Waals surface area contributed by atoms with Gasteiger partial charge >= 0.3 is 0 Å². The molecule has 124 valence electrons. The van der Waals surface area contributed by atoms with E-state index in [0.29, 0.717) is 17.1 Å². The molecule has 4 nitrogen and oxygen atoms in total. The molecule has 0 bridgehead atoms. The molecule has 2 N–H and O–H groups in total. The molecule has 0 fully saturated rings. The zero-order valence-corrected chi connectivity index (χ0v) is 13.7. The van der Waals surface area contributed by atoms with Gasteiger partial charge in [0.2, 0.25) is 0 Å². The van der Waals surface area contributed by atoms with Crippen molar-refractivity contribution in [2.75, 3.05) is 13.6 Å². The van der Waals surface area contributed by atoms with Crippen LogP contribution in [-0.4, -0.2) is 19.6 Å². The third-order valence-corrected chi connectivity index (χ3v) is 3.62. The lowest BCUT2D eigenvalue weighted by atomic mass is 10.1. The second-order valence-corrected chi connectivity index (χ2v) is 5.36. The molecule has 0 aromatic heterocycles. The highest BCUT2D eigenvalue weighted by Crippen LogP contribution is 2.09. The van der Waals surface area contributed by atoms with Gasteiger partial charge in [0.1, 0.15) is 5.82 Å². The largest absolute Gasteiger partial charge is 0.356 e. The Morgan fingerprint density at radius 2 is 1.96 bits per heavy atom. The zero-order valence-electron chi connectivity index (χ0n) is 13.7. The van der Waals surface area contributed by atoms with Gasteiger partial charge in [0.25, 0.3) is 0 Å². The minimum atomic E-state index is -0.332. The van der Waals surface area contributed by atoms with Crippen LogP contribution in [0.2, 0.25) is 0 Å². The lowest BCUT2D eigenvalue weighted by Gasteiger charge is -2.12. The van der Waals surface area contributed by atoms with Crippen molar-refractivity contribution in [1.82, 2.24) is 10.6 Å². The fourth-order valence-corrected chi connectivity index (χ4v) is 2.32. The van der Waals surface area contributed by atoms with Crippen LogP contribution in [0.4, 0.5) is 4.39 Å². The van der Waals surface area contributed by atoms with E-state index in [-0.39, 0.29) is 12.4 Å². The molecule has 0 saturated carbocycles. The Hall–Kier alpha value is -2.87. The zero-order chi connectivity index (χ0) is 17.2. The normalized spacial score (nSPS) is 11.0. The predicted molar refractivity (Wildman–Crippen MR) is 94.1 cm³/mol. The summed E-state index contributed by atoms with van der Waals surface area (Å²) in [6, 6.07) is 16.6. The predicted octanol–water partition coefficient (Wildman–Crippen LogP) is 3.00. The van der Waals surface area contributed by atoms with E-state index in [4.69, 9.17) is 5.26 Å². The summed E-state index contributed by atoms with van der Waals surface area (Å²) in [7, 11) is 1.68. The minimum absolute atomic E-state index is 0.277. The van der Waals surface area contributed by atoms with Crippen LogP contribution in [0.25, 0.3) is 0 Å².